The summed E-state index contributed by atoms with van der Waals surface area (Å²) in [6.07, 6.45) is 0.460. The Balaban J connectivity index is 1.85. The second-order valence-electron chi connectivity index (χ2n) is 5.92. The van der Waals surface area contributed by atoms with Crippen LogP contribution in [0.15, 0.2) is 18.2 Å². The molecule has 1 aliphatic rings. The SMILES string of the molecule is CCN1CCN(CCC(=O)c2ccc(C)c(F)c2)CC1C. The molecule has 1 fully saturated rings. The van der Waals surface area contributed by atoms with E-state index in [2.05, 4.69) is 23.6 Å². The maximum Gasteiger partial charge on any atom is 0.164 e. The van der Waals surface area contributed by atoms with Gasteiger partial charge in [-0.05, 0) is 32.0 Å². The summed E-state index contributed by atoms with van der Waals surface area (Å²) in [5.41, 5.74) is 1.06. The first-order chi connectivity index (χ1) is 10.0. The molecule has 1 aromatic carbocycles. The average molecular weight is 292 g/mol. The number of nitrogens with zero attached hydrogens (tertiary/aromatic N) is 2. The van der Waals surface area contributed by atoms with E-state index in [-0.39, 0.29) is 11.6 Å². The molecule has 3 nitrogen and oxygen atoms in total. The van der Waals surface area contributed by atoms with Crippen LogP contribution in [0, 0.1) is 12.7 Å². The topological polar surface area (TPSA) is 23.6 Å². The van der Waals surface area contributed by atoms with Crippen LogP contribution in [0.3, 0.4) is 0 Å². The van der Waals surface area contributed by atoms with Gasteiger partial charge in [-0.3, -0.25) is 9.69 Å². The van der Waals surface area contributed by atoms with Crippen LogP contribution in [0.25, 0.3) is 0 Å². The molecule has 2 rings (SSSR count). The molecule has 4 heteroatoms. The second-order valence-corrected chi connectivity index (χ2v) is 5.92. The Labute approximate surface area is 126 Å². The lowest BCUT2D eigenvalue weighted by atomic mass is 10.1. The minimum Gasteiger partial charge on any atom is -0.300 e. The van der Waals surface area contributed by atoms with Crippen molar-refractivity contribution in [1.29, 1.82) is 0 Å². The Morgan fingerprint density at radius 1 is 1.38 bits per heavy atom. The number of ketones is 1. The summed E-state index contributed by atoms with van der Waals surface area (Å²) in [6, 6.07) is 5.29. The lowest BCUT2D eigenvalue weighted by Crippen LogP contribution is -2.51. The van der Waals surface area contributed by atoms with E-state index < -0.39 is 0 Å². The normalized spacial score (nSPS) is 20.7. The number of carbonyl (C=O) groups is 1. The van der Waals surface area contributed by atoms with E-state index in [0.29, 0.717) is 23.6 Å². The number of Topliss-reactive ketones (excluding diaryl/α,β-unsaturated/α-hetero) is 1. The molecular formula is C17H25FN2O. The number of hydrogen-bond acceptors (Lipinski definition) is 3. The molecule has 0 aliphatic carbocycles. The molecule has 1 unspecified atom stereocenters. The van der Waals surface area contributed by atoms with Gasteiger partial charge in [-0.1, -0.05) is 19.1 Å². The smallest absolute Gasteiger partial charge is 0.164 e. The number of rotatable bonds is 5. The Morgan fingerprint density at radius 2 is 2.14 bits per heavy atom. The number of hydrogen-bond donors (Lipinski definition) is 0. The van der Waals surface area contributed by atoms with Gasteiger partial charge in [0.15, 0.2) is 5.78 Å². The second kappa shape index (κ2) is 7.14. The Morgan fingerprint density at radius 3 is 2.76 bits per heavy atom. The van der Waals surface area contributed by atoms with Gasteiger partial charge in [-0.2, -0.15) is 0 Å². The quantitative estimate of drug-likeness (QED) is 0.780. The summed E-state index contributed by atoms with van der Waals surface area (Å²) < 4.78 is 13.5. The Bertz CT molecular complexity index is 504. The first kappa shape index (κ1) is 16.1. The van der Waals surface area contributed by atoms with Crippen molar-refractivity contribution in [3.63, 3.8) is 0 Å². The van der Waals surface area contributed by atoms with Crippen molar-refractivity contribution < 1.29 is 9.18 Å². The van der Waals surface area contributed by atoms with Gasteiger partial charge in [0.05, 0.1) is 0 Å². The first-order valence-electron chi connectivity index (χ1n) is 7.77. The molecule has 0 aromatic heterocycles. The van der Waals surface area contributed by atoms with Crippen LogP contribution >= 0.6 is 0 Å². The fourth-order valence-corrected chi connectivity index (χ4v) is 2.91. The van der Waals surface area contributed by atoms with E-state index >= 15 is 0 Å². The predicted molar refractivity (Wildman–Crippen MR) is 83.2 cm³/mol. The number of benzene rings is 1. The van der Waals surface area contributed by atoms with Gasteiger partial charge in [0.2, 0.25) is 0 Å². The summed E-state index contributed by atoms with van der Waals surface area (Å²) in [5, 5.41) is 0. The molecule has 0 amide bonds. The van der Waals surface area contributed by atoms with Gasteiger partial charge < -0.3 is 4.90 Å². The standard InChI is InChI=1S/C17H25FN2O/c1-4-20-10-9-19(12-14(20)3)8-7-17(21)15-6-5-13(2)16(18)11-15/h5-6,11,14H,4,7-10,12H2,1-3H3. The third kappa shape index (κ3) is 4.11. The predicted octanol–water partition coefficient (Wildman–Crippen LogP) is 2.73. The minimum atomic E-state index is -0.300. The first-order valence-corrected chi connectivity index (χ1v) is 7.77. The average Bonchev–Trinajstić information content (AvgIpc) is 2.47. The highest BCUT2D eigenvalue weighted by molar-refractivity contribution is 5.96. The number of aryl methyl sites for hydroxylation is 1. The maximum absolute atomic E-state index is 13.5. The summed E-state index contributed by atoms with van der Waals surface area (Å²) in [6.45, 7) is 11.0. The van der Waals surface area contributed by atoms with Crippen molar-refractivity contribution in [2.45, 2.75) is 33.2 Å². The highest BCUT2D eigenvalue weighted by Crippen LogP contribution is 2.13. The van der Waals surface area contributed by atoms with Gasteiger partial charge in [0, 0.05) is 44.2 Å². The third-order valence-corrected chi connectivity index (χ3v) is 4.40. The zero-order chi connectivity index (χ0) is 15.4. The van der Waals surface area contributed by atoms with E-state index in [1.165, 1.54) is 6.07 Å². The number of carbonyl (C=O) groups excluding carboxylic acids is 1. The summed E-state index contributed by atoms with van der Waals surface area (Å²) in [7, 11) is 0. The molecule has 21 heavy (non-hydrogen) atoms. The third-order valence-electron chi connectivity index (χ3n) is 4.40. The Kier molecular flexibility index (Phi) is 5.48. The Hall–Kier alpha value is -1.26. The van der Waals surface area contributed by atoms with Crippen LogP contribution in [0.5, 0.6) is 0 Å². The lowest BCUT2D eigenvalue weighted by Gasteiger charge is -2.39. The zero-order valence-electron chi connectivity index (χ0n) is 13.2. The van der Waals surface area contributed by atoms with E-state index in [1.807, 2.05) is 0 Å². The highest BCUT2D eigenvalue weighted by Gasteiger charge is 2.22. The van der Waals surface area contributed by atoms with Crippen molar-refractivity contribution in [3.05, 3.63) is 35.1 Å². The van der Waals surface area contributed by atoms with Gasteiger partial charge in [-0.25, -0.2) is 4.39 Å². The molecule has 0 saturated carbocycles. The molecule has 0 radical (unpaired) electrons. The summed E-state index contributed by atoms with van der Waals surface area (Å²) in [5.74, 6) is -0.273. The summed E-state index contributed by atoms with van der Waals surface area (Å²) >= 11 is 0. The van der Waals surface area contributed by atoms with Crippen molar-refractivity contribution in [2.24, 2.45) is 0 Å². The van der Waals surface area contributed by atoms with Crippen LogP contribution in [-0.4, -0.2) is 54.3 Å². The maximum atomic E-state index is 13.5. The summed E-state index contributed by atoms with van der Waals surface area (Å²) in [4.78, 5) is 16.9. The van der Waals surface area contributed by atoms with Crippen molar-refractivity contribution in [2.75, 3.05) is 32.7 Å². The van der Waals surface area contributed by atoms with Crippen molar-refractivity contribution in [3.8, 4) is 0 Å². The van der Waals surface area contributed by atoms with Crippen LogP contribution in [-0.2, 0) is 0 Å². The lowest BCUT2D eigenvalue weighted by molar-refractivity contribution is 0.0796. The molecule has 0 spiro atoms. The molecule has 1 saturated heterocycles. The highest BCUT2D eigenvalue weighted by atomic mass is 19.1. The van der Waals surface area contributed by atoms with E-state index in [9.17, 15) is 9.18 Å². The van der Waals surface area contributed by atoms with E-state index in [4.69, 9.17) is 0 Å². The van der Waals surface area contributed by atoms with Gasteiger partial charge in [0.25, 0.3) is 0 Å². The molecule has 0 bridgehead atoms. The zero-order valence-corrected chi connectivity index (χ0v) is 13.2. The number of halogens is 1. The van der Waals surface area contributed by atoms with Crippen molar-refractivity contribution >= 4 is 5.78 Å². The molecule has 0 N–H and O–H groups in total. The number of likely N-dealkylation sites (N-methyl/N-ethyl adjacent to an activating group) is 1. The minimum absolute atomic E-state index is 0.0273. The van der Waals surface area contributed by atoms with Crippen LogP contribution < -0.4 is 0 Å². The molecule has 1 aliphatic heterocycles. The molecule has 116 valence electrons. The molecular weight excluding hydrogens is 267 g/mol. The molecule has 1 aromatic rings. The van der Waals surface area contributed by atoms with Crippen LogP contribution in [0.2, 0.25) is 0 Å². The van der Waals surface area contributed by atoms with Crippen LogP contribution in [0.1, 0.15) is 36.2 Å². The van der Waals surface area contributed by atoms with Gasteiger partial charge >= 0.3 is 0 Å². The monoisotopic (exact) mass is 292 g/mol. The number of piperazine rings is 1. The van der Waals surface area contributed by atoms with E-state index in [1.54, 1.807) is 19.1 Å². The molecule has 1 atom stereocenters. The fraction of sp³-hybridized carbons (Fsp3) is 0.588. The molecule has 1 heterocycles. The van der Waals surface area contributed by atoms with E-state index in [0.717, 1.165) is 32.7 Å². The van der Waals surface area contributed by atoms with Crippen LogP contribution in [0.4, 0.5) is 4.39 Å². The van der Waals surface area contributed by atoms with Crippen molar-refractivity contribution in [1.82, 2.24) is 9.80 Å². The van der Waals surface area contributed by atoms with Gasteiger partial charge in [-0.15, -0.1) is 0 Å². The van der Waals surface area contributed by atoms with Gasteiger partial charge in [0.1, 0.15) is 5.82 Å². The largest absolute Gasteiger partial charge is 0.300 e. The fourth-order valence-electron chi connectivity index (χ4n) is 2.91.